The predicted molar refractivity (Wildman–Crippen MR) is 156 cm³/mol. The standard InChI is InChI=1S/C30H37N5O5S/c1-3-25-28-29(35(33-25)26(21(2)36)11-7-10-22-8-5-4-6-9-22)31-27(32-30(28)37)20-23-12-14-24(15-13-23)41(38,39)34-16-18-40-19-17-34/h4-6,8-9,12-15,21,26,36H,3,7,10-11,16-20H2,1-2H3,(H,31,32,37). The molecule has 2 aromatic heterocycles. The molecule has 2 aromatic carbocycles. The lowest BCUT2D eigenvalue weighted by atomic mass is 10.0. The summed E-state index contributed by atoms with van der Waals surface area (Å²) in [5.41, 5.74) is 2.87. The molecule has 0 saturated carbocycles. The van der Waals surface area contributed by atoms with Crippen molar-refractivity contribution < 1.29 is 18.3 Å². The number of rotatable bonds is 11. The molecule has 0 bridgehead atoms. The normalized spacial score (nSPS) is 16.2. The molecule has 3 heterocycles. The summed E-state index contributed by atoms with van der Waals surface area (Å²) in [7, 11) is -3.59. The van der Waals surface area contributed by atoms with E-state index < -0.39 is 16.1 Å². The first-order valence-corrected chi connectivity index (χ1v) is 15.6. The fraction of sp³-hybridized carbons (Fsp3) is 0.433. The van der Waals surface area contributed by atoms with Gasteiger partial charge in [0.1, 0.15) is 11.2 Å². The highest BCUT2D eigenvalue weighted by Gasteiger charge is 2.27. The van der Waals surface area contributed by atoms with Crippen LogP contribution in [-0.4, -0.2) is 70.0 Å². The third-order valence-electron chi connectivity index (χ3n) is 7.60. The van der Waals surface area contributed by atoms with E-state index in [4.69, 9.17) is 14.8 Å². The second-order valence-corrected chi connectivity index (χ2v) is 12.4. The molecular weight excluding hydrogens is 542 g/mol. The van der Waals surface area contributed by atoms with Gasteiger partial charge in [0, 0.05) is 19.5 Å². The Labute approximate surface area is 240 Å². The number of fused-ring (bicyclic) bond motifs is 1. The molecule has 1 fully saturated rings. The maximum atomic E-state index is 13.2. The zero-order valence-electron chi connectivity index (χ0n) is 23.5. The molecule has 2 atom stereocenters. The smallest absolute Gasteiger partial charge is 0.262 e. The third-order valence-corrected chi connectivity index (χ3v) is 9.51. The average Bonchev–Trinajstić information content (AvgIpc) is 3.35. The molecule has 0 spiro atoms. The van der Waals surface area contributed by atoms with E-state index in [0.717, 1.165) is 18.4 Å². The first-order valence-electron chi connectivity index (χ1n) is 14.2. The Bertz CT molecular complexity index is 1630. The van der Waals surface area contributed by atoms with Crippen LogP contribution in [0.1, 0.15) is 55.4 Å². The van der Waals surface area contributed by atoms with E-state index in [1.54, 1.807) is 35.9 Å². The van der Waals surface area contributed by atoms with Crippen molar-refractivity contribution in [2.45, 2.75) is 63.0 Å². The van der Waals surface area contributed by atoms with Crippen LogP contribution in [0.2, 0.25) is 0 Å². The minimum Gasteiger partial charge on any atom is -0.391 e. The van der Waals surface area contributed by atoms with Gasteiger partial charge in [0.05, 0.1) is 35.9 Å². The number of H-pyrrole nitrogens is 1. The SMILES string of the molecule is CCc1nn(C(CCCc2ccccc2)C(C)O)c2nc(Cc3ccc(S(=O)(=O)N4CCOCC4)cc3)[nH]c(=O)c12. The number of morpholine rings is 1. The van der Waals surface area contributed by atoms with Crippen LogP contribution in [-0.2, 0) is 34.0 Å². The summed E-state index contributed by atoms with van der Waals surface area (Å²) in [4.78, 5) is 21.2. The van der Waals surface area contributed by atoms with Crippen LogP contribution < -0.4 is 5.56 Å². The van der Waals surface area contributed by atoms with E-state index >= 15 is 0 Å². The number of nitrogens with zero attached hydrogens (tertiary/aromatic N) is 4. The Morgan fingerprint density at radius 1 is 1.05 bits per heavy atom. The van der Waals surface area contributed by atoms with Crippen molar-refractivity contribution in [3.8, 4) is 0 Å². The number of hydrogen-bond donors (Lipinski definition) is 2. The third kappa shape index (κ3) is 6.43. The number of ether oxygens (including phenoxy) is 1. The fourth-order valence-electron chi connectivity index (χ4n) is 5.36. The average molecular weight is 580 g/mol. The lowest BCUT2D eigenvalue weighted by Gasteiger charge is -2.26. The van der Waals surface area contributed by atoms with Crippen molar-refractivity contribution in [1.82, 2.24) is 24.1 Å². The summed E-state index contributed by atoms with van der Waals surface area (Å²) in [5.74, 6) is 0.448. The van der Waals surface area contributed by atoms with Gasteiger partial charge in [-0.25, -0.2) is 18.1 Å². The van der Waals surface area contributed by atoms with Gasteiger partial charge in [0.15, 0.2) is 5.65 Å². The molecule has 0 amide bonds. The van der Waals surface area contributed by atoms with Crippen LogP contribution in [0, 0.1) is 0 Å². The van der Waals surface area contributed by atoms with E-state index in [0.29, 0.717) is 68.1 Å². The quantitative estimate of drug-likeness (QED) is 0.279. The summed E-state index contributed by atoms with van der Waals surface area (Å²) in [6, 6.07) is 16.5. The number of nitrogens with one attached hydrogen (secondary N) is 1. The minimum atomic E-state index is -3.59. The number of benzene rings is 2. The largest absolute Gasteiger partial charge is 0.391 e. The number of sulfonamides is 1. The summed E-state index contributed by atoms with van der Waals surface area (Å²) in [5, 5.41) is 15.9. The van der Waals surface area contributed by atoms with E-state index in [2.05, 4.69) is 17.1 Å². The van der Waals surface area contributed by atoms with Gasteiger partial charge in [-0.05, 0) is 55.9 Å². The lowest BCUT2D eigenvalue weighted by Crippen LogP contribution is -2.40. The Hall–Kier alpha value is -3.38. The Balaban J connectivity index is 1.40. The van der Waals surface area contributed by atoms with Crippen molar-refractivity contribution >= 4 is 21.1 Å². The monoisotopic (exact) mass is 579 g/mol. The van der Waals surface area contributed by atoms with Gasteiger partial charge >= 0.3 is 0 Å². The maximum Gasteiger partial charge on any atom is 0.262 e. The van der Waals surface area contributed by atoms with Crippen LogP contribution in [0.15, 0.2) is 64.3 Å². The number of aliphatic hydroxyl groups is 1. The molecule has 5 rings (SSSR count). The molecule has 11 heteroatoms. The molecule has 1 aliphatic rings. The van der Waals surface area contributed by atoms with Crippen LogP contribution >= 0.6 is 0 Å². The highest BCUT2D eigenvalue weighted by atomic mass is 32.2. The van der Waals surface area contributed by atoms with E-state index in [1.807, 2.05) is 25.1 Å². The molecule has 218 valence electrons. The van der Waals surface area contributed by atoms with E-state index in [-0.39, 0.29) is 16.5 Å². The zero-order chi connectivity index (χ0) is 29.0. The molecule has 4 aromatic rings. The summed E-state index contributed by atoms with van der Waals surface area (Å²) < 4.78 is 34.4. The minimum absolute atomic E-state index is 0.223. The van der Waals surface area contributed by atoms with Gasteiger partial charge in [-0.1, -0.05) is 49.4 Å². The van der Waals surface area contributed by atoms with Gasteiger partial charge in [0.2, 0.25) is 10.0 Å². The molecule has 2 N–H and O–H groups in total. The molecule has 1 aliphatic heterocycles. The second-order valence-electron chi connectivity index (χ2n) is 10.5. The molecule has 0 aliphatic carbocycles. The maximum absolute atomic E-state index is 13.2. The summed E-state index contributed by atoms with van der Waals surface area (Å²) in [6.07, 6.45) is 2.57. The molecule has 1 saturated heterocycles. The first kappa shape index (κ1) is 29.1. The lowest BCUT2D eigenvalue weighted by molar-refractivity contribution is 0.0730. The first-order chi connectivity index (χ1) is 19.8. The Morgan fingerprint density at radius 2 is 1.76 bits per heavy atom. The van der Waals surface area contributed by atoms with Crippen molar-refractivity contribution in [2.24, 2.45) is 0 Å². The van der Waals surface area contributed by atoms with Crippen LogP contribution in [0.4, 0.5) is 0 Å². The Kier molecular flexibility index (Phi) is 8.98. The number of aryl methyl sites for hydroxylation is 2. The fourth-order valence-corrected chi connectivity index (χ4v) is 6.77. The van der Waals surface area contributed by atoms with Gasteiger partial charge < -0.3 is 14.8 Å². The molecule has 2 unspecified atom stereocenters. The number of aromatic nitrogens is 4. The van der Waals surface area contributed by atoms with Crippen LogP contribution in [0.25, 0.3) is 11.0 Å². The second kappa shape index (κ2) is 12.6. The topological polar surface area (TPSA) is 130 Å². The molecular formula is C30H37N5O5S. The van der Waals surface area contributed by atoms with Crippen LogP contribution in [0.5, 0.6) is 0 Å². The van der Waals surface area contributed by atoms with E-state index in [9.17, 15) is 18.3 Å². The number of hydrogen-bond acceptors (Lipinski definition) is 7. The highest BCUT2D eigenvalue weighted by Crippen LogP contribution is 2.26. The van der Waals surface area contributed by atoms with Gasteiger partial charge in [-0.3, -0.25) is 4.79 Å². The van der Waals surface area contributed by atoms with Gasteiger partial charge in [0.25, 0.3) is 5.56 Å². The van der Waals surface area contributed by atoms with Gasteiger partial charge in [-0.2, -0.15) is 9.40 Å². The number of aromatic amines is 1. The molecule has 10 nitrogen and oxygen atoms in total. The van der Waals surface area contributed by atoms with Crippen molar-refractivity contribution in [3.05, 3.63) is 87.6 Å². The summed E-state index contributed by atoms with van der Waals surface area (Å²) >= 11 is 0. The zero-order valence-corrected chi connectivity index (χ0v) is 24.3. The van der Waals surface area contributed by atoms with E-state index in [1.165, 1.54) is 9.87 Å². The van der Waals surface area contributed by atoms with Gasteiger partial charge in [-0.15, -0.1) is 0 Å². The Morgan fingerprint density at radius 3 is 2.41 bits per heavy atom. The highest BCUT2D eigenvalue weighted by molar-refractivity contribution is 7.89. The van der Waals surface area contributed by atoms with Crippen molar-refractivity contribution in [2.75, 3.05) is 26.3 Å². The van der Waals surface area contributed by atoms with Crippen molar-refractivity contribution in [3.63, 3.8) is 0 Å². The number of aliphatic hydroxyl groups excluding tert-OH is 1. The van der Waals surface area contributed by atoms with Crippen LogP contribution in [0.3, 0.4) is 0 Å². The predicted octanol–water partition coefficient (Wildman–Crippen LogP) is 3.24. The van der Waals surface area contributed by atoms with Crippen molar-refractivity contribution in [1.29, 1.82) is 0 Å². The molecule has 41 heavy (non-hydrogen) atoms. The molecule has 0 radical (unpaired) electrons. The summed E-state index contributed by atoms with van der Waals surface area (Å²) in [6.45, 7) is 5.13.